The lowest BCUT2D eigenvalue weighted by molar-refractivity contribution is -0.150. The standard InChI is InChI=1S/C34H37N6O8P/c1-5-34(4)28(41)26(47-32(34)40-19-36-27-29(40)37-33(35)38-30(27)42)18-45-49(44,48-25-17-11-15-23-14-9-10-16-24(23)25)39-20(2)31(43)46-21(3)22-12-7-6-8-13-22/h5-17,19-21,26,28,32,41H,1,18H2,2-4H3,(H,39,44)(H3,35,37,38,42). The molecule has 3 aromatic carbocycles. The minimum absolute atomic E-state index is 0.0260. The van der Waals surface area contributed by atoms with Crippen LogP contribution in [0.15, 0.2) is 96.6 Å². The van der Waals surface area contributed by atoms with Gasteiger partial charge in [-0.1, -0.05) is 72.8 Å². The normalized spacial score (nSPS) is 23.1. The summed E-state index contributed by atoms with van der Waals surface area (Å²) in [6.45, 7) is 8.38. The fourth-order valence-corrected chi connectivity index (χ4v) is 7.31. The molecule has 0 spiro atoms. The average Bonchev–Trinajstić information content (AvgIpc) is 3.62. The van der Waals surface area contributed by atoms with Crippen molar-refractivity contribution in [1.82, 2.24) is 24.6 Å². The largest absolute Gasteiger partial charge is 0.459 e. The molecule has 1 fully saturated rings. The predicted molar refractivity (Wildman–Crippen MR) is 182 cm³/mol. The van der Waals surface area contributed by atoms with Gasteiger partial charge in [-0.25, -0.2) is 9.55 Å². The highest BCUT2D eigenvalue weighted by atomic mass is 31.2. The number of esters is 1. The molecule has 7 unspecified atom stereocenters. The number of aromatic amines is 1. The van der Waals surface area contributed by atoms with Crippen LogP contribution >= 0.6 is 7.75 Å². The van der Waals surface area contributed by atoms with E-state index in [0.29, 0.717) is 5.39 Å². The number of carbonyl (C=O) groups excluding carboxylic acids is 1. The van der Waals surface area contributed by atoms with E-state index in [1.54, 1.807) is 32.0 Å². The van der Waals surface area contributed by atoms with Gasteiger partial charge in [-0.2, -0.15) is 10.1 Å². The van der Waals surface area contributed by atoms with E-state index in [4.69, 9.17) is 24.3 Å². The van der Waals surface area contributed by atoms with E-state index in [9.17, 15) is 19.3 Å². The number of nitrogens with two attached hydrogens (primary N) is 1. The van der Waals surface area contributed by atoms with Crippen LogP contribution < -0.4 is 20.9 Å². The Labute approximate surface area is 281 Å². The summed E-state index contributed by atoms with van der Waals surface area (Å²) in [7, 11) is -4.39. The van der Waals surface area contributed by atoms with Crippen LogP contribution in [0.25, 0.3) is 21.9 Å². The van der Waals surface area contributed by atoms with Gasteiger partial charge >= 0.3 is 13.7 Å². The number of ether oxygens (including phenoxy) is 2. The van der Waals surface area contributed by atoms with Crippen molar-refractivity contribution < 1.29 is 33.0 Å². The van der Waals surface area contributed by atoms with Crippen molar-refractivity contribution >= 4 is 41.6 Å². The second-order valence-corrected chi connectivity index (χ2v) is 13.7. The van der Waals surface area contributed by atoms with Gasteiger partial charge in [0.15, 0.2) is 11.2 Å². The first-order valence-electron chi connectivity index (χ1n) is 15.6. The average molecular weight is 689 g/mol. The fraction of sp³-hybridized carbons (Fsp3) is 0.294. The van der Waals surface area contributed by atoms with Crippen LogP contribution in [0.4, 0.5) is 5.95 Å². The number of fused-ring (bicyclic) bond motifs is 2. The molecule has 1 aliphatic rings. The third-order valence-electron chi connectivity index (χ3n) is 8.61. The number of nitrogens with zero attached hydrogens (tertiary/aromatic N) is 3. The van der Waals surface area contributed by atoms with Gasteiger partial charge in [0.1, 0.15) is 30.2 Å². The van der Waals surface area contributed by atoms with Crippen LogP contribution in [0.1, 0.15) is 38.7 Å². The Morgan fingerprint density at radius 2 is 1.90 bits per heavy atom. The number of hydrogen-bond donors (Lipinski definition) is 4. The van der Waals surface area contributed by atoms with Crippen LogP contribution in [0, 0.1) is 5.41 Å². The third kappa shape index (κ3) is 6.74. The highest BCUT2D eigenvalue weighted by molar-refractivity contribution is 7.52. The SMILES string of the molecule is C=CC1(C)C(O)C(COP(=O)(NC(C)C(=O)OC(C)c2ccccc2)Oc2cccc3ccccc23)OC1n1cnc2c(=O)[nH]c(N)nc21. The molecule has 5 aromatic rings. The number of benzene rings is 3. The number of aliphatic hydroxyl groups excluding tert-OH is 1. The maximum Gasteiger partial charge on any atom is 0.459 e. The van der Waals surface area contributed by atoms with Crippen LogP contribution in [0.3, 0.4) is 0 Å². The summed E-state index contributed by atoms with van der Waals surface area (Å²) in [5, 5.41) is 15.7. The van der Waals surface area contributed by atoms with E-state index in [-0.39, 0.29) is 22.9 Å². The Balaban J connectivity index is 1.26. The molecule has 0 saturated carbocycles. The molecular weight excluding hydrogens is 651 g/mol. The number of H-pyrrole nitrogens is 1. The zero-order valence-corrected chi connectivity index (χ0v) is 27.9. The lowest BCUT2D eigenvalue weighted by Gasteiger charge is -2.29. The summed E-state index contributed by atoms with van der Waals surface area (Å²) in [5.41, 5.74) is 5.05. The van der Waals surface area contributed by atoms with Crippen molar-refractivity contribution in [3.05, 3.63) is 108 Å². The van der Waals surface area contributed by atoms with E-state index in [1.807, 2.05) is 54.6 Å². The predicted octanol–water partition coefficient (Wildman–Crippen LogP) is 4.79. The highest BCUT2D eigenvalue weighted by Crippen LogP contribution is 2.51. The summed E-state index contributed by atoms with van der Waals surface area (Å²) >= 11 is 0. The summed E-state index contributed by atoms with van der Waals surface area (Å²) < 4.78 is 40.0. The van der Waals surface area contributed by atoms with Gasteiger partial charge in [-0.3, -0.25) is 23.7 Å². The molecule has 0 bridgehead atoms. The number of anilines is 1. The van der Waals surface area contributed by atoms with E-state index < -0.39 is 61.9 Å². The number of aliphatic hydroxyl groups is 1. The summed E-state index contributed by atoms with van der Waals surface area (Å²) in [6.07, 6.45) is -1.00. The molecule has 7 atom stereocenters. The van der Waals surface area contributed by atoms with Gasteiger partial charge < -0.3 is 24.8 Å². The number of aromatic nitrogens is 4. The summed E-state index contributed by atoms with van der Waals surface area (Å²) in [4.78, 5) is 36.4. The second-order valence-electron chi connectivity index (χ2n) is 12.0. The lowest BCUT2D eigenvalue weighted by Crippen LogP contribution is -2.38. The minimum Gasteiger partial charge on any atom is -0.457 e. The van der Waals surface area contributed by atoms with Gasteiger partial charge in [-0.05, 0) is 37.8 Å². The first-order chi connectivity index (χ1) is 23.4. The maximum absolute atomic E-state index is 14.6. The second kappa shape index (κ2) is 13.6. The number of hydrogen-bond acceptors (Lipinski definition) is 11. The van der Waals surface area contributed by atoms with Crippen molar-refractivity contribution in [2.24, 2.45) is 5.41 Å². The topological polar surface area (TPSA) is 193 Å². The molecule has 3 heterocycles. The van der Waals surface area contributed by atoms with Crippen LogP contribution in [-0.2, 0) is 23.4 Å². The lowest BCUT2D eigenvalue weighted by atomic mass is 9.82. The van der Waals surface area contributed by atoms with Crippen molar-refractivity contribution in [3.63, 3.8) is 0 Å². The van der Waals surface area contributed by atoms with E-state index in [2.05, 4.69) is 26.6 Å². The number of rotatable bonds is 12. The first-order valence-corrected chi connectivity index (χ1v) is 17.1. The summed E-state index contributed by atoms with van der Waals surface area (Å²) in [6, 6.07) is 20.7. The zero-order chi connectivity index (χ0) is 34.9. The first kappa shape index (κ1) is 34.0. The maximum atomic E-state index is 14.6. The fourth-order valence-electron chi connectivity index (χ4n) is 5.79. The molecular formula is C34H37N6O8P. The quantitative estimate of drug-likeness (QED) is 0.0797. The molecule has 1 aliphatic heterocycles. The van der Waals surface area contributed by atoms with Crippen LogP contribution in [0.2, 0.25) is 0 Å². The molecule has 1 saturated heterocycles. The molecule has 0 amide bonds. The minimum atomic E-state index is -4.39. The smallest absolute Gasteiger partial charge is 0.457 e. The van der Waals surface area contributed by atoms with Crippen molar-refractivity contribution in [3.8, 4) is 5.75 Å². The number of nitrogen functional groups attached to an aromatic ring is 1. The molecule has 0 aliphatic carbocycles. The van der Waals surface area contributed by atoms with E-state index >= 15 is 0 Å². The Kier molecular flexibility index (Phi) is 9.43. The van der Waals surface area contributed by atoms with E-state index in [0.717, 1.165) is 10.9 Å². The highest BCUT2D eigenvalue weighted by Gasteiger charge is 2.53. The van der Waals surface area contributed by atoms with E-state index in [1.165, 1.54) is 23.9 Å². The molecule has 15 heteroatoms. The molecule has 14 nitrogen and oxygen atoms in total. The number of nitrogens with one attached hydrogen (secondary N) is 2. The Bertz CT molecular complexity index is 2100. The Morgan fingerprint density at radius 1 is 1.18 bits per heavy atom. The third-order valence-corrected chi connectivity index (χ3v) is 10.2. The molecule has 0 radical (unpaired) electrons. The monoisotopic (exact) mass is 688 g/mol. The van der Waals surface area contributed by atoms with Gasteiger partial charge in [0.2, 0.25) is 5.95 Å². The van der Waals surface area contributed by atoms with Gasteiger partial charge in [-0.15, -0.1) is 6.58 Å². The zero-order valence-electron chi connectivity index (χ0n) is 27.1. The molecule has 256 valence electrons. The molecule has 49 heavy (non-hydrogen) atoms. The number of imidazole rings is 1. The van der Waals surface area contributed by atoms with Gasteiger partial charge in [0.05, 0.1) is 24.5 Å². The van der Waals surface area contributed by atoms with Crippen LogP contribution in [-0.4, -0.2) is 55.5 Å². The summed E-state index contributed by atoms with van der Waals surface area (Å²) in [5.74, 6) is -0.569. The molecule has 6 rings (SSSR count). The Morgan fingerprint density at radius 3 is 2.65 bits per heavy atom. The van der Waals surface area contributed by atoms with Crippen molar-refractivity contribution in [1.29, 1.82) is 0 Å². The van der Waals surface area contributed by atoms with Crippen molar-refractivity contribution in [2.45, 2.75) is 51.4 Å². The molecule has 2 aromatic heterocycles. The van der Waals surface area contributed by atoms with Crippen LogP contribution in [0.5, 0.6) is 5.75 Å². The Hall–Kier alpha value is -4.85. The van der Waals surface area contributed by atoms with Gasteiger partial charge in [0.25, 0.3) is 5.56 Å². The van der Waals surface area contributed by atoms with Crippen molar-refractivity contribution in [2.75, 3.05) is 12.3 Å². The number of carbonyl (C=O) groups is 1. The van der Waals surface area contributed by atoms with Gasteiger partial charge in [0, 0.05) is 5.39 Å². The molecule has 5 N–H and O–H groups in total.